The Morgan fingerprint density at radius 3 is 2.77 bits per heavy atom. The summed E-state index contributed by atoms with van der Waals surface area (Å²) in [5.74, 6) is -1.18. The van der Waals surface area contributed by atoms with Gasteiger partial charge in [0.2, 0.25) is 5.91 Å². The minimum atomic E-state index is -1.03. The van der Waals surface area contributed by atoms with Gasteiger partial charge in [0, 0.05) is 23.2 Å². The van der Waals surface area contributed by atoms with Crippen molar-refractivity contribution < 1.29 is 14.7 Å². The molecule has 2 rings (SSSR count). The van der Waals surface area contributed by atoms with Gasteiger partial charge in [-0.15, -0.1) is 0 Å². The Bertz CT molecular complexity index is 741. The molecule has 3 N–H and O–H groups in total. The zero-order valence-corrected chi connectivity index (χ0v) is 12.9. The smallest absolute Gasteiger partial charge is 0.328 e. The minimum Gasteiger partial charge on any atom is -0.478 e. The molecule has 0 fully saturated rings. The summed E-state index contributed by atoms with van der Waals surface area (Å²) in [4.78, 5) is 25.9. The van der Waals surface area contributed by atoms with Gasteiger partial charge in [0.1, 0.15) is 0 Å². The van der Waals surface area contributed by atoms with Crippen LogP contribution in [0.4, 0.5) is 0 Å². The maximum atomic E-state index is 12.2. The first-order valence-electron chi connectivity index (χ1n) is 7.07. The van der Waals surface area contributed by atoms with Crippen molar-refractivity contribution in [1.29, 1.82) is 0 Å². The van der Waals surface area contributed by atoms with Crippen molar-refractivity contribution in [2.24, 2.45) is 0 Å². The number of hydrogen-bond donors (Lipinski definition) is 3. The summed E-state index contributed by atoms with van der Waals surface area (Å²) in [6.07, 6.45) is 4.59. The van der Waals surface area contributed by atoms with E-state index in [2.05, 4.69) is 10.3 Å². The quantitative estimate of drug-likeness (QED) is 0.742. The maximum Gasteiger partial charge on any atom is 0.328 e. The molecule has 0 aliphatic carbocycles. The molecule has 0 unspecified atom stereocenters. The molecular formula is C17H20N2O3. The number of fused-ring (bicyclic) bond motifs is 1. The number of para-hydroxylation sites is 1. The van der Waals surface area contributed by atoms with Crippen LogP contribution in [0.1, 0.15) is 25.0 Å². The fourth-order valence-electron chi connectivity index (χ4n) is 2.41. The summed E-state index contributed by atoms with van der Waals surface area (Å²) in [7, 11) is 0. The normalized spacial score (nSPS) is 12.0. The first-order valence-corrected chi connectivity index (χ1v) is 7.07. The molecule has 0 aliphatic heterocycles. The Kier molecular flexibility index (Phi) is 4.35. The molecule has 1 aromatic carbocycles. The van der Waals surface area contributed by atoms with Crippen LogP contribution in [0, 0.1) is 6.92 Å². The highest BCUT2D eigenvalue weighted by Crippen LogP contribution is 2.21. The van der Waals surface area contributed by atoms with Crippen LogP contribution in [0.15, 0.2) is 36.5 Å². The van der Waals surface area contributed by atoms with E-state index in [1.807, 2.05) is 31.3 Å². The van der Waals surface area contributed by atoms with Crippen molar-refractivity contribution in [3.63, 3.8) is 0 Å². The van der Waals surface area contributed by atoms with Crippen LogP contribution in [-0.2, 0) is 16.0 Å². The van der Waals surface area contributed by atoms with Crippen LogP contribution in [0.3, 0.4) is 0 Å². The van der Waals surface area contributed by atoms with Crippen molar-refractivity contribution in [1.82, 2.24) is 10.3 Å². The molecule has 1 heterocycles. The molecular weight excluding hydrogens is 280 g/mol. The lowest BCUT2D eigenvalue weighted by Gasteiger charge is -2.22. The zero-order chi connectivity index (χ0) is 16.3. The number of carbonyl (C=O) groups is 2. The Labute approximate surface area is 129 Å². The largest absolute Gasteiger partial charge is 0.478 e. The topological polar surface area (TPSA) is 82.2 Å². The van der Waals surface area contributed by atoms with Crippen molar-refractivity contribution in [3.8, 4) is 0 Å². The molecule has 0 aliphatic rings. The molecule has 22 heavy (non-hydrogen) atoms. The lowest BCUT2D eigenvalue weighted by atomic mass is 10.0. The number of aromatic nitrogens is 1. The third-order valence-corrected chi connectivity index (χ3v) is 3.46. The monoisotopic (exact) mass is 300 g/mol. The second-order valence-electron chi connectivity index (χ2n) is 5.93. The Balaban J connectivity index is 2.11. The molecule has 116 valence electrons. The number of carboxylic acids is 1. The lowest BCUT2D eigenvalue weighted by molar-refractivity contribution is -0.131. The van der Waals surface area contributed by atoms with Crippen LogP contribution in [0.2, 0.25) is 0 Å². The average molecular weight is 300 g/mol. The number of rotatable bonds is 5. The molecule has 5 heteroatoms. The number of aliphatic carboxylic acids is 1. The van der Waals surface area contributed by atoms with Crippen LogP contribution in [0.25, 0.3) is 10.9 Å². The predicted octanol–water partition coefficient (Wildman–Crippen LogP) is 2.55. The first-order chi connectivity index (χ1) is 10.3. The van der Waals surface area contributed by atoms with E-state index in [1.165, 1.54) is 6.08 Å². The van der Waals surface area contributed by atoms with E-state index in [0.717, 1.165) is 28.1 Å². The number of benzene rings is 1. The van der Waals surface area contributed by atoms with Gasteiger partial charge in [-0.1, -0.05) is 24.3 Å². The van der Waals surface area contributed by atoms with Gasteiger partial charge in [-0.3, -0.25) is 4.79 Å². The van der Waals surface area contributed by atoms with E-state index < -0.39 is 11.5 Å². The average Bonchev–Trinajstić information content (AvgIpc) is 2.81. The molecule has 0 spiro atoms. The molecule has 1 aromatic heterocycles. The number of aryl methyl sites for hydroxylation is 1. The predicted molar refractivity (Wildman–Crippen MR) is 85.7 cm³/mol. The van der Waals surface area contributed by atoms with Crippen molar-refractivity contribution in [3.05, 3.63) is 47.7 Å². The second kappa shape index (κ2) is 6.05. The Hall–Kier alpha value is -2.56. The van der Waals surface area contributed by atoms with Gasteiger partial charge in [-0.05, 0) is 31.9 Å². The number of carboxylic acid groups (broad SMARTS) is 1. The van der Waals surface area contributed by atoms with Gasteiger partial charge >= 0.3 is 5.97 Å². The second-order valence-corrected chi connectivity index (χ2v) is 5.93. The molecule has 0 bridgehead atoms. The van der Waals surface area contributed by atoms with Crippen LogP contribution < -0.4 is 5.32 Å². The third-order valence-electron chi connectivity index (χ3n) is 3.46. The highest BCUT2D eigenvalue weighted by Gasteiger charge is 2.18. The number of nitrogens with one attached hydrogen (secondary N) is 2. The van der Waals surface area contributed by atoms with Crippen molar-refractivity contribution in [2.75, 3.05) is 0 Å². The Morgan fingerprint density at radius 2 is 2.09 bits per heavy atom. The molecule has 0 atom stereocenters. The number of amides is 1. The summed E-state index contributed by atoms with van der Waals surface area (Å²) < 4.78 is 0. The van der Waals surface area contributed by atoms with E-state index in [1.54, 1.807) is 13.8 Å². The van der Waals surface area contributed by atoms with Gasteiger partial charge in [-0.25, -0.2) is 4.79 Å². The first kappa shape index (κ1) is 15.8. The molecule has 1 amide bonds. The van der Waals surface area contributed by atoms with E-state index in [9.17, 15) is 9.59 Å². The van der Waals surface area contributed by atoms with Gasteiger partial charge in [-0.2, -0.15) is 0 Å². The fourth-order valence-corrected chi connectivity index (χ4v) is 2.41. The van der Waals surface area contributed by atoms with Gasteiger partial charge < -0.3 is 15.4 Å². The van der Waals surface area contributed by atoms with Crippen molar-refractivity contribution in [2.45, 2.75) is 32.7 Å². The molecule has 2 aromatic rings. The van der Waals surface area contributed by atoms with Gasteiger partial charge in [0.15, 0.2) is 0 Å². The molecule has 0 radical (unpaired) electrons. The lowest BCUT2D eigenvalue weighted by Crippen LogP contribution is -2.42. The van der Waals surface area contributed by atoms with Crippen LogP contribution >= 0.6 is 0 Å². The van der Waals surface area contributed by atoms with E-state index >= 15 is 0 Å². The molecule has 5 nitrogen and oxygen atoms in total. The zero-order valence-electron chi connectivity index (χ0n) is 12.9. The minimum absolute atomic E-state index is 0.151. The summed E-state index contributed by atoms with van der Waals surface area (Å²) in [6.45, 7) is 5.52. The van der Waals surface area contributed by atoms with Crippen molar-refractivity contribution >= 4 is 22.8 Å². The van der Waals surface area contributed by atoms with Gasteiger partial charge in [0.05, 0.1) is 12.0 Å². The standard InChI is InChI=1S/C17H20N2O3/c1-11-5-4-6-13-12(10-18-16(11)13)9-14(20)19-17(2,3)8-7-15(21)22/h4-8,10,18H,9H2,1-3H3,(H,19,20)(H,21,22)/b8-7+. The van der Waals surface area contributed by atoms with E-state index in [-0.39, 0.29) is 12.3 Å². The highest BCUT2D eigenvalue weighted by molar-refractivity contribution is 5.90. The number of hydrogen-bond acceptors (Lipinski definition) is 2. The summed E-state index contributed by atoms with van der Waals surface area (Å²) >= 11 is 0. The van der Waals surface area contributed by atoms with Gasteiger partial charge in [0.25, 0.3) is 0 Å². The SMILES string of the molecule is Cc1cccc2c(CC(=O)NC(C)(C)/C=C/C(=O)O)c[nH]c12. The summed E-state index contributed by atoms with van der Waals surface area (Å²) in [6, 6.07) is 5.96. The van der Waals surface area contributed by atoms with Crippen LogP contribution in [0.5, 0.6) is 0 Å². The number of carbonyl (C=O) groups excluding carboxylic acids is 1. The fraction of sp³-hybridized carbons (Fsp3) is 0.294. The third kappa shape index (κ3) is 3.75. The highest BCUT2D eigenvalue weighted by atomic mass is 16.4. The summed E-state index contributed by atoms with van der Waals surface area (Å²) in [5.41, 5.74) is 2.38. The number of aromatic amines is 1. The summed E-state index contributed by atoms with van der Waals surface area (Å²) in [5, 5.41) is 12.5. The van der Waals surface area contributed by atoms with E-state index in [4.69, 9.17) is 5.11 Å². The van der Waals surface area contributed by atoms with E-state index in [0.29, 0.717) is 0 Å². The molecule has 0 saturated carbocycles. The molecule has 0 saturated heterocycles. The van der Waals surface area contributed by atoms with Crippen LogP contribution in [-0.4, -0.2) is 27.5 Å². The number of H-pyrrole nitrogens is 1. The Morgan fingerprint density at radius 1 is 1.36 bits per heavy atom. The maximum absolute atomic E-state index is 12.2.